The van der Waals surface area contributed by atoms with E-state index in [4.69, 9.17) is 19.4 Å². The summed E-state index contributed by atoms with van der Waals surface area (Å²) in [5.41, 5.74) is 2.39. The van der Waals surface area contributed by atoms with E-state index in [9.17, 15) is 5.11 Å². The minimum Gasteiger partial charge on any atom is -0.497 e. The number of hydrogen-bond acceptors (Lipinski definition) is 8. The Hall–Kier alpha value is -3.07. The van der Waals surface area contributed by atoms with Crippen LogP contribution >= 0.6 is 0 Å². The predicted octanol–water partition coefficient (Wildman–Crippen LogP) is 4.35. The molecule has 9 heteroatoms. The number of nitrogens with zero attached hydrogens (tertiary/aromatic N) is 4. The first kappa shape index (κ1) is 22.7. The van der Waals surface area contributed by atoms with Gasteiger partial charge in [-0.05, 0) is 50.4 Å². The Labute approximate surface area is 199 Å². The molecule has 0 radical (unpaired) electrons. The third kappa shape index (κ3) is 4.89. The van der Waals surface area contributed by atoms with Gasteiger partial charge in [0, 0.05) is 43.1 Å². The van der Waals surface area contributed by atoms with Gasteiger partial charge in [0.2, 0.25) is 5.95 Å². The standard InChI is InChI=1S/C25H34N6O3/c1-33-20-10-19(11-21(12-20)34-2)27-23-22-24(31(15-26-22)13-16-4-3-5-16)30-25(29-23)28-18-8-6-17(14-32)7-9-18/h10-12,15-18,32H,3-9,13-14H2,1-2H3,(H2,27,28,29,30). The summed E-state index contributed by atoms with van der Waals surface area (Å²) in [6.45, 7) is 1.20. The number of aromatic nitrogens is 4. The number of imidazole rings is 1. The molecule has 2 saturated carbocycles. The molecule has 0 saturated heterocycles. The van der Waals surface area contributed by atoms with Crippen LogP contribution < -0.4 is 20.1 Å². The molecule has 3 N–H and O–H groups in total. The number of fused-ring (bicyclic) bond motifs is 1. The number of anilines is 3. The van der Waals surface area contributed by atoms with Crippen LogP contribution in [0.2, 0.25) is 0 Å². The van der Waals surface area contributed by atoms with Crippen molar-refractivity contribution in [2.75, 3.05) is 31.5 Å². The third-order valence-electron chi connectivity index (χ3n) is 7.20. The van der Waals surface area contributed by atoms with E-state index in [-0.39, 0.29) is 6.61 Å². The van der Waals surface area contributed by atoms with Gasteiger partial charge >= 0.3 is 0 Å². The zero-order chi connectivity index (χ0) is 23.5. The summed E-state index contributed by atoms with van der Waals surface area (Å²) in [6.07, 6.45) is 9.76. The van der Waals surface area contributed by atoms with Gasteiger partial charge in [-0.2, -0.15) is 9.97 Å². The maximum atomic E-state index is 9.46. The van der Waals surface area contributed by atoms with Gasteiger partial charge in [-0.1, -0.05) is 6.42 Å². The van der Waals surface area contributed by atoms with Crippen LogP contribution in [0.15, 0.2) is 24.5 Å². The Balaban J connectivity index is 1.46. The Bertz CT molecular complexity index is 1100. The van der Waals surface area contributed by atoms with Crippen molar-refractivity contribution in [1.29, 1.82) is 0 Å². The molecule has 2 heterocycles. The molecule has 9 nitrogen and oxygen atoms in total. The average molecular weight is 467 g/mol. The van der Waals surface area contributed by atoms with Crippen LogP contribution in [0.25, 0.3) is 11.2 Å². The molecule has 0 spiro atoms. The lowest BCUT2D eigenvalue weighted by Crippen LogP contribution is -2.28. The molecule has 0 bridgehead atoms. The molecule has 182 valence electrons. The van der Waals surface area contributed by atoms with Crippen molar-refractivity contribution in [3.05, 3.63) is 24.5 Å². The second kappa shape index (κ2) is 10.0. The van der Waals surface area contributed by atoms with E-state index in [2.05, 4.69) is 20.2 Å². The van der Waals surface area contributed by atoms with Crippen molar-refractivity contribution in [3.63, 3.8) is 0 Å². The van der Waals surface area contributed by atoms with Crippen molar-refractivity contribution < 1.29 is 14.6 Å². The fourth-order valence-corrected chi connectivity index (χ4v) is 4.87. The highest BCUT2D eigenvalue weighted by atomic mass is 16.5. The minimum atomic E-state index is 0.271. The van der Waals surface area contributed by atoms with Gasteiger partial charge in [0.05, 0.1) is 20.5 Å². The van der Waals surface area contributed by atoms with Crippen molar-refractivity contribution >= 4 is 28.6 Å². The molecule has 2 fully saturated rings. The van der Waals surface area contributed by atoms with Gasteiger partial charge < -0.3 is 29.8 Å². The van der Waals surface area contributed by atoms with Crippen LogP contribution in [-0.4, -0.2) is 51.5 Å². The molecule has 0 unspecified atom stereocenters. The number of methoxy groups -OCH3 is 2. The number of aliphatic hydroxyl groups excluding tert-OH is 1. The summed E-state index contributed by atoms with van der Waals surface area (Å²) in [7, 11) is 3.27. The second-order valence-corrected chi connectivity index (χ2v) is 9.53. The number of aliphatic hydroxyl groups is 1. The lowest BCUT2D eigenvalue weighted by atomic mass is 9.85. The van der Waals surface area contributed by atoms with Crippen molar-refractivity contribution in [3.8, 4) is 11.5 Å². The number of rotatable bonds is 9. The number of nitrogens with one attached hydrogen (secondary N) is 2. The van der Waals surface area contributed by atoms with Gasteiger partial charge in [-0.15, -0.1) is 0 Å². The van der Waals surface area contributed by atoms with E-state index < -0.39 is 0 Å². The topological polar surface area (TPSA) is 106 Å². The summed E-state index contributed by atoms with van der Waals surface area (Å²) in [6, 6.07) is 5.95. The molecule has 3 aromatic rings. The van der Waals surface area contributed by atoms with E-state index in [1.807, 2.05) is 24.5 Å². The third-order valence-corrected chi connectivity index (χ3v) is 7.20. The fourth-order valence-electron chi connectivity index (χ4n) is 4.87. The van der Waals surface area contributed by atoms with E-state index in [1.165, 1.54) is 19.3 Å². The molecule has 0 atom stereocenters. The summed E-state index contributed by atoms with van der Waals surface area (Å²) < 4.78 is 13.0. The first-order valence-electron chi connectivity index (χ1n) is 12.3. The van der Waals surface area contributed by atoms with Crippen molar-refractivity contribution in [1.82, 2.24) is 19.5 Å². The van der Waals surface area contributed by atoms with Crippen molar-refractivity contribution in [2.24, 2.45) is 11.8 Å². The molecule has 34 heavy (non-hydrogen) atoms. The highest BCUT2D eigenvalue weighted by Crippen LogP contribution is 2.33. The first-order valence-corrected chi connectivity index (χ1v) is 12.3. The van der Waals surface area contributed by atoms with E-state index >= 15 is 0 Å². The van der Waals surface area contributed by atoms with Gasteiger partial charge in [0.15, 0.2) is 17.0 Å². The molecule has 2 aliphatic carbocycles. The largest absolute Gasteiger partial charge is 0.497 e. The Morgan fingerprint density at radius 2 is 1.71 bits per heavy atom. The van der Waals surface area contributed by atoms with Gasteiger partial charge in [-0.3, -0.25) is 0 Å². The zero-order valence-corrected chi connectivity index (χ0v) is 20.0. The lowest BCUT2D eigenvalue weighted by molar-refractivity contribution is 0.185. The SMILES string of the molecule is COc1cc(Nc2nc(NC3CCC(CO)CC3)nc3c2ncn3CC2CCC2)cc(OC)c1. The molecular weight excluding hydrogens is 432 g/mol. The summed E-state index contributed by atoms with van der Waals surface area (Å²) in [4.78, 5) is 14.4. The molecule has 5 rings (SSSR count). The normalized spacial score (nSPS) is 20.7. The molecule has 0 amide bonds. The number of ether oxygens (including phenoxy) is 2. The van der Waals surface area contributed by atoms with E-state index in [1.54, 1.807) is 14.2 Å². The summed E-state index contributed by atoms with van der Waals surface area (Å²) in [5, 5.41) is 16.4. The Morgan fingerprint density at radius 3 is 2.32 bits per heavy atom. The molecule has 2 aliphatic rings. The predicted molar refractivity (Wildman–Crippen MR) is 132 cm³/mol. The maximum Gasteiger partial charge on any atom is 0.227 e. The van der Waals surface area contributed by atoms with Crippen LogP contribution in [0.1, 0.15) is 44.9 Å². The van der Waals surface area contributed by atoms with Gasteiger partial charge in [0.1, 0.15) is 11.5 Å². The Morgan fingerprint density at radius 1 is 0.971 bits per heavy atom. The van der Waals surface area contributed by atoms with Crippen LogP contribution in [-0.2, 0) is 6.54 Å². The monoisotopic (exact) mass is 466 g/mol. The van der Waals surface area contributed by atoms with Gasteiger partial charge in [-0.25, -0.2) is 4.98 Å². The van der Waals surface area contributed by atoms with Gasteiger partial charge in [0.25, 0.3) is 0 Å². The molecule has 0 aliphatic heterocycles. The van der Waals surface area contributed by atoms with Crippen LogP contribution in [0.3, 0.4) is 0 Å². The maximum absolute atomic E-state index is 9.46. The molecule has 2 aromatic heterocycles. The fraction of sp³-hybridized carbons (Fsp3) is 0.560. The second-order valence-electron chi connectivity index (χ2n) is 9.53. The van der Waals surface area contributed by atoms with Crippen molar-refractivity contribution in [2.45, 2.75) is 57.5 Å². The van der Waals surface area contributed by atoms with E-state index in [0.29, 0.717) is 41.1 Å². The Kier molecular flexibility index (Phi) is 6.71. The molecule has 1 aromatic carbocycles. The number of hydrogen-bond donors (Lipinski definition) is 3. The quantitative estimate of drug-likeness (QED) is 0.427. The summed E-state index contributed by atoms with van der Waals surface area (Å²) in [5.74, 6) is 3.75. The zero-order valence-electron chi connectivity index (χ0n) is 20.0. The van der Waals surface area contributed by atoms with Crippen LogP contribution in [0.5, 0.6) is 11.5 Å². The van der Waals surface area contributed by atoms with Crippen LogP contribution in [0, 0.1) is 11.8 Å². The summed E-state index contributed by atoms with van der Waals surface area (Å²) >= 11 is 0. The highest BCUT2D eigenvalue weighted by molar-refractivity contribution is 5.86. The van der Waals surface area contributed by atoms with E-state index in [0.717, 1.165) is 49.1 Å². The minimum absolute atomic E-state index is 0.271. The number of benzene rings is 1. The van der Waals surface area contributed by atoms with Crippen LogP contribution in [0.4, 0.5) is 17.5 Å². The smallest absolute Gasteiger partial charge is 0.227 e. The highest BCUT2D eigenvalue weighted by Gasteiger charge is 2.24. The molecular formula is C25H34N6O3. The average Bonchev–Trinajstić information content (AvgIpc) is 3.24. The first-order chi connectivity index (χ1) is 16.6. The lowest BCUT2D eigenvalue weighted by Gasteiger charge is -2.28.